The molecule has 2 heterocycles. The topological polar surface area (TPSA) is 84.3 Å². The first-order valence-corrected chi connectivity index (χ1v) is 6.66. The van der Waals surface area contributed by atoms with Crippen molar-refractivity contribution in [2.24, 2.45) is 11.3 Å². The number of ether oxygens (including phenoxy) is 1. The average molecular weight is 282 g/mol. The summed E-state index contributed by atoms with van der Waals surface area (Å²) in [4.78, 5) is 25.1. The van der Waals surface area contributed by atoms with E-state index in [4.69, 9.17) is 4.74 Å². The van der Waals surface area contributed by atoms with Gasteiger partial charge in [0.25, 0.3) is 5.56 Å². The summed E-state index contributed by atoms with van der Waals surface area (Å²) < 4.78 is 21.7. The van der Waals surface area contributed by atoms with E-state index in [1.165, 1.54) is 16.8 Å². The maximum atomic E-state index is 14.7. The molecule has 3 fully saturated rings. The molecule has 0 bridgehead atoms. The lowest BCUT2D eigenvalue weighted by Gasteiger charge is -2.27. The molecule has 1 aliphatic heterocycles. The highest BCUT2D eigenvalue weighted by Crippen LogP contribution is 2.72. The van der Waals surface area contributed by atoms with Gasteiger partial charge in [0.2, 0.25) is 0 Å². The predicted octanol–water partition coefficient (Wildman–Crippen LogP) is -0.416. The van der Waals surface area contributed by atoms with Gasteiger partial charge in [0.05, 0.1) is 23.7 Å². The van der Waals surface area contributed by atoms with E-state index in [1.807, 2.05) is 0 Å². The minimum atomic E-state index is -1.45. The molecular weight excluding hydrogens is 267 g/mol. The summed E-state index contributed by atoms with van der Waals surface area (Å²) in [7, 11) is 0. The van der Waals surface area contributed by atoms with Crippen molar-refractivity contribution in [3.63, 3.8) is 0 Å². The number of halogens is 1. The van der Waals surface area contributed by atoms with E-state index in [2.05, 4.69) is 4.98 Å². The van der Waals surface area contributed by atoms with Gasteiger partial charge < -0.3 is 9.84 Å². The normalized spacial score (nSPS) is 52.1. The lowest BCUT2D eigenvalue weighted by molar-refractivity contribution is -0.0911. The highest BCUT2D eigenvalue weighted by Gasteiger charge is 2.85. The molecule has 0 spiro atoms. The zero-order valence-electron chi connectivity index (χ0n) is 11.0. The van der Waals surface area contributed by atoms with Crippen molar-refractivity contribution < 1.29 is 14.2 Å². The first kappa shape index (κ1) is 12.3. The summed E-state index contributed by atoms with van der Waals surface area (Å²) in [5.74, 6) is -0.227. The monoisotopic (exact) mass is 282 g/mol. The van der Waals surface area contributed by atoms with Crippen LogP contribution in [-0.4, -0.2) is 38.6 Å². The summed E-state index contributed by atoms with van der Waals surface area (Å²) in [6.45, 7) is 3.43. The summed E-state index contributed by atoms with van der Waals surface area (Å²) in [5.41, 5.74) is -3.44. The van der Waals surface area contributed by atoms with E-state index >= 15 is 0 Å². The number of alkyl halides is 1. The van der Waals surface area contributed by atoms with E-state index in [0.717, 1.165) is 0 Å². The van der Waals surface area contributed by atoms with Gasteiger partial charge in [-0.05, 0) is 0 Å². The van der Waals surface area contributed by atoms with Crippen molar-refractivity contribution in [1.82, 2.24) is 9.55 Å². The van der Waals surface area contributed by atoms with Crippen LogP contribution < -0.4 is 11.2 Å². The van der Waals surface area contributed by atoms with Crippen LogP contribution in [-0.2, 0) is 4.74 Å². The zero-order chi connectivity index (χ0) is 14.4. The number of fused-ring (bicyclic) bond motifs is 2. The molecule has 20 heavy (non-hydrogen) atoms. The molecule has 0 amide bonds. The van der Waals surface area contributed by atoms with Crippen LogP contribution >= 0.6 is 0 Å². The van der Waals surface area contributed by atoms with Gasteiger partial charge in [0.15, 0.2) is 0 Å². The van der Waals surface area contributed by atoms with Crippen molar-refractivity contribution in [1.29, 1.82) is 0 Å². The molecule has 1 saturated heterocycles. The fourth-order valence-corrected chi connectivity index (χ4v) is 3.86. The number of hydrogen-bond donors (Lipinski definition) is 2. The number of nitrogens with zero attached hydrogens (tertiary/aromatic N) is 1. The lowest BCUT2D eigenvalue weighted by Crippen LogP contribution is -2.42. The second kappa shape index (κ2) is 3.23. The number of nitrogens with one attached hydrogen (secondary N) is 1. The van der Waals surface area contributed by atoms with Gasteiger partial charge in [-0.25, -0.2) is 9.18 Å². The van der Waals surface area contributed by atoms with Crippen molar-refractivity contribution in [3.05, 3.63) is 33.1 Å². The number of rotatable bonds is 1. The summed E-state index contributed by atoms with van der Waals surface area (Å²) >= 11 is 0. The van der Waals surface area contributed by atoms with Crippen LogP contribution in [0.25, 0.3) is 0 Å². The van der Waals surface area contributed by atoms with Gasteiger partial charge >= 0.3 is 5.69 Å². The molecule has 2 aliphatic carbocycles. The third kappa shape index (κ3) is 1.12. The minimum Gasteiger partial charge on any atom is -0.384 e. The van der Waals surface area contributed by atoms with Crippen LogP contribution in [0.5, 0.6) is 0 Å². The first-order chi connectivity index (χ1) is 9.32. The number of hydrogen-bond acceptors (Lipinski definition) is 4. The third-order valence-corrected chi connectivity index (χ3v) is 5.35. The quantitative estimate of drug-likeness (QED) is 0.733. The van der Waals surface area contributed by atoms with Gasteiger partial charge in [0, 0.05) is 18.2 Å². The highest BCUT2D eigenvalue weighted by molar-refractivity contribution is 5.33. The van der Waals surface area contributed by atoms with Crippen LogP contribution in [0.1, 0.15) is 19.9 Å². The van der Waals surface area contributed by atoms with Crippen molar-refractivity contribution in [2.75, 3.05) is 0 Å². The van der Waals surface area contributed by atoms with Crippen molar-refractivity contribution in [3.8, 4) is 0 Å². The van der Waals surface area contributed by atoms with Crippen molar-refractivity contribution >= 4 is 0 Å². The summed E-state index contributed by atoms with van der Waals surface area (Å²) in [5, 5.41) is 10.3. The molecule has 0 aromatic carbocycles. The SMILES string of the molecule is CC1C2OC3C(n4ccc(=O)[nH]c4=O)C3(C)C(F)C12O. The predicted molar refractivity (Wildman–Crippen MR) is 66.1 cm³/mol. The molecule has 6 nitrogen and oxygen atoms in total. The van der Waals surface area contributed by atoms with E-state index in [9.17, 15) is 19.1 Å². The maximum absolute atomic E-state index is 14.7. The molecular formula is C13H15FN2O4. The van der Waals surface area contributed by atoms with Gasteiger partial charge in [0.1, 0.15) is 11.8 Å². The zero-order valence-corrected chi connectivity index (χ0v) is 11.0. The van der Waals surface area contributed by atoms with Crippen molar-refractivity contribution in [2.45, 2.75) is 43.9 Å². The molecule has 7 unspecified atom stereocenters. The molecule has 2 saturated carbocycles. The molecule has 7 heteroatoms. The Hall–Kier alpha value is -1.47. The highest BCUT2D eigenvalue weighted by atomic mass is 19.1. The second-order valence-corrected chi connectivity index (χ2v) is 6.34. The first-order valence-electron chi connectivity index (χ1n) is 6.66. The molecule has 2 N–H and O–H groups in total. The van der Waals surface area contributed by atoms with Gasteiger partial charge in [-0.15, -0.1) is 0 Å². The average Bonchev–Trinajstić information content (AvgIpc) is 3.17. The molecule has 1 aromatic rings. The molecule has 0 radical (unpaired) electrons. The fraction of sp³-hybridized carbons (Fsp3) is 0.692. The van der Waals surface area contributed by atoms with Crippen LogP contribution in [0.4, 0.5) is 4.39 Å². The van der Waals surface area contributed by atoms with E-state index in [0.29, 0.717) is 0 Å². The molecule has 108 valence electrons. The fourth-order valence-electron chi connectivity index (χ4n) is 3.86. The van der Waals surface area contributed by atoms with Crippen LogP contribution in [0.3, 0.4) is 0 Å². The Morgan fingerprint density at radius 2 is 2.15 bits per heavy atom. The number of aliphatic hydroxyl groups is 1. The Morgan fingerprint density at radius 3 is 2.80 bits per heavy atom. The third-order valence-electron chi connectivity index (χ3n) is 5.35. The molecule has 7 atom stereocenters. The second-order valence-electron chi connectivity index (χ2n) is 6.34. The lowest BCUT2D eigenvalue weighted by atomic mass is 9.93. The van der Waals surface area contributed by atoms with E-state index < -0.39 is 46.7 Å². The molecule has 1 aromatic heterocycles. The van der Waals surface area contributed by atoms with E-state index in [-0.39, 0.29) is 5.92 Å². The molecule has 4 rings (SSSR count). The number of aromatic nitrogens is 2. The van der Waals surface area contributed by atoms with Crippen LogP contribution in [0.2, 0.25) is 0 Å². The number of aromatic amines is 1. The van der Waals surface area contributed by atoms with Gasteiger partial charge in [-0.1, -0.05) is 13.8 Å². The largest absolute Gasteiger partial charge is 0.384 e. The molecule has 3 aliphatic rings. The van der Waals surface area contributed by atoms with Gasteiger partial charge in [-0.2, -0.15) is 0 Å². The maximum Gasteiger partial charge on any atom is 0.328 e. The smallest absolute Gasteiger partial charge is 0.328 e. The summed E-state index contributed by atoms with van der Waals surface area (Å²) in [6.07, 6.45) is -1.04. The van der Waals surface area contributed by atoms with Crippen LogP contribution in [0, 0.1) is 11.3 Å². The Morgan fingerprint density at radius 1 is 1.45 bits per heavy atom. The van der Waals surface area contributed by atoms with Gasteiger partial charge in [-0.3, -0.25) is 14.3 Å². The van der Waals surface area contributed by atoms with E-state index in [1.54, 1.807) is 13.8 Å². The standard InChI is InChI=1S/C13H15FN2O4/c1-5-8-13(5,19)10(14)12(2)7(9(12)20-8)16-4-3-6(17)15-11(16)18/h3-5,7-10,19H,1-2H3,(H,15,17,18). The Balaban J connectivity index is 1.75. The van der Waals surface area contributed by atoms with Crippen LogP contribution in [0.15, 0.2) is 21.9 Å². The number of H-pyrrole nitrogens is 1. The summed E-state index contributed by atoms with van der Waals surface area (Å²) in [6, 6.07) is 0.728. The Labute approximate surface area is 113 Å². The Bertz CT molecular complexity index is 715. The minimum absolute atomic E-state index is 0.227. The Kier molecular flexibility index (Phi) is 1.98.